The first kappa shape index (κ1) is 8.28. The van der Waals surface area contributed by atoms with E-state index in [4.69, 9.17) is 17.4 Å². The molecule has 2 aromatic rings. The van der Waals surface area contributed by atoms with Gasteiger partial charge in [-0.1, -0.05) is 0 Å². The standard InChI is InChI=1S/C7H8ClN5/c1-3-2-4-5(10-3)6(13-9)12-7(8)11-4/h2,10H,9H2,1H3,(H,11,12,13). The molecule has 0 unspecified atom stereocenters. The maximum atomic E-state index is 5.68. The Morgan fingerprint density at radius 1 is 1.54 bits per heavy atom. The van der Waals surface area contributed by atoms with Gasteiger partial charge >= 0.3 is 0 Å². The number of nitrogen functional groups attached to an aromatic ring is 1. The summed E-state index contributed by atoms with van der Waals surface area (Å²) in [7, 11) is 0. The number of nitrogens with zero attached hydrogens (tertiary/aromatic N) is 2. The van der Waals surface area contributed by atoms with Crippen molar-refractivity contribution in [1.82, 2.24) is 15.0 Å². The first-order chi connectivity index (χ1) is 6.20. The summed E-state index contributed by atoms with van der Waals surface area (Å²) >= 11 is 5.68. The number of aromatic nitrogens is 3. The van der Waals surface area contributed by atoms with Gasteiger partial charge in [-0.25, -0.2) is 10.8 Å². The van der Waals surface area contributed by atoms with Gasteiger partial charge in [0.1, 0.15) is 5.52 Å². The van der Waals surface area contributed by atoms with Gasteiger partial charge in [0.25, 0.3) is 0 Å². The lowest BCUT2D eigenvalue weighted by atomic mass is 10.4. The molecule has 0 aromatic carbocycles. The average Bonchev–Trinajstić information content (AvgIpc) is 2.43. The summed E-state index contributed by atoms with van der Waals surface area (Å²) in [6.45, 7) is 1.93. The molecular formula is C7H8ClN5. The zero-order valence-corrected chi connectivity index (χ0v) is 7.68. The summed E-state index contributed by atoms with van der Waals surface area (Å²) in [6, 6.07) is 1.88. The van der Waals surface area contributed by atoms with Crippen molar-refractivity contribution in [3.05, 3.63) is 17.0 Å². The van der Waals surface area contributed by atoms with Crippen molar-refractivity contribution in [1.29, 1.82) is 0 Å². The zero-order valence-electron chi connectivity index (χ0n) is 6.93. The van der Waals surface area contributed by atoms with E-state index < -0.39 is 0 Å². The van der Waals surface area contributed by atoms with Gasteiger partial charge in [-0.15, -0.1) is 0 Å². The minimum Gasteiger partial charge on any atom is -0.354 e. The van der Waals surface area contributed by atoms with Crippen molar-refractivity contribution < 1.29 is 0 Å². The molecule has 0 saturated carbocycles. The second-order valence-corrected chi connectivity index (χ2v) is 3.04. The summed E-state index contributed by atoms with van der Waals surface area (Å²) in [6.07, 6.45) is 0. The second-order valence-electron chi connectivity index (χ2n) is 2.70. The van der Waals surface area contributed by atoms with Crippen LogP contribution in [-0.4, -0.2) is 15.0 Å². The highest BCUT2D eigenvalue weighted by Gasteiger charge is 2.07. The molecular weight excluding hydrogens is 190 g/mol. The lowest BCUT2D eigenvalue weighted by Crippen LogP contribution is -2.09. The molecule has 6 heteroatoms. The molecule has 68 valence electrons. The molecule has 2 aromatic heterocycles. The number of hydrogen-bond donors (Lipinski definition) is 3. The summed E-state index contributed by atoms with van der Waals surface area (Å²) < 4.78 is 0. The van der Waals surface area contributed by atoms with Crippen LogP contribution >= 0.6 is 11.6 Å². The van der Waals surface area contributed by atoms with E-state index in [0.717, 1.165) is 16.7 Å². The molecule has 0 aliphatic heterocycles. The summed E-state index contributed by atoms with van der Waals surface area (Å²) in [5, 5.41) is 0.180. The van der Waals surface area contributed by atoms with Crippen LogP contribution in [0.25, 0.3) is 11.0 Å². The summed E-state index contributed by atoms with van der Waals surface area (Å²) in [4.78, 5) is 11.0. The van der Waals surface area contributed by atoms with Crippen molar-refractivity contribution in [3.63, 3.8) is 0 Å². The Labute approximate surface area is 79.3 Å². The van der Waals surface area contributed by atoms with Gasteiger partial charge in [0.15, 0.2) is 5.82 Å². The number of fused-ring (bicyclic) bond motifs is 1. The van der Waals surface area contributed by atoms with Crippen molar-refractivity contribution in [2.24, 2.45) is 5.84 Å². The molecule has 2 heterocycles. The molecule has 0 saturated heterocycles. The number of anilines is 1. The number of rotatable bonds is 1. The van der Waals surface area contributed by atoms with Crippen molar-refractivity contribution >= 4 is 28.5 Å². The van der Waals surface area contributed by atoms with Crippen LogP contribution in [-0.2, 0) is 0 Å². The van der Waals surface area contributed by atoms with Crippen LogP contribution in [0.5, 0.6) is 0 Å². The molecule has 0 bridgehead atoms. The van der Waals surface area contributed by atoms with E-state index in [-0.39, 0.29) is 5.28 Å². The van der Waals surface area contributed by atoms with Crippen LogP contribution in [0.1, 0.15) is 5.69 Å². The molecule has 0 aliphatic rings. The smallest absolute Gasteiger partial charge is 0.225 e. The predicted octanol–water partition coefficient (Wildman–Crippen LogP) is 1.21. The van der Waals surface area contributed by atoms with Crippen molar-refractivity contribution in [2.75, 3.05) is 5.43 Å². The monoisotopic (exact) mass is 197 g/mol. The lowest BCUT2D eigenvalue weighted by Gasteiger charge is -1.99. The molecule has 0 radical (unpaired) electrons. The van der Waals surface area contributed by atoms with Crippen LogP contribution in [0.2, 0.25) is 5.28 Å². The van der Waals surface area contributed by atoms with E-state index in [1.54, 1.807) is 0 Å². The minimum absolute atomic E-state index is 0.180. The number of nitrogens with one attached hydrogen (secondary N) is 2. The first-order valence-electron chi connectivity index (χ1n) is 3.70. The predicted molar refractivity (Wildman–Crippen MR) is 51.4 cm³/mol. The topological polar surface area (TPSA) is 79.6 Å². The number of aromatic amines is 1. The second kappa shape index (κ2) is 2.86. The molecule has 4 N–H and O–H groups in total. The fraction of sp³-hybridized carbons (Fsp3) is 0.143. The summed E-state index contributed by atoms with van der Waals surface area (Å²) in [5.74, 6) is 5.78. The van der Waals surface area contributed by atoms with E-state index in [1.165, 1.54) is 0 Å². The van der Waals surface area contributed by atoms with Crippen LogP contribution < -0.4 is 11.3 Å². The molecule has 2 rings (SSSR count). The molecule has 0 spiro atoms. The Kier molecular flexibility index (Phi) is 1.82. The fourth-order valence-corrected chi connectivity index (χ4v) is 1.40. The highest BCUT2D eigenvalue weighted by molar-refractivity contribution is 6.28. The van der Waals surface area contributed by atoms with E-state index in [2.05, 4.69) is 20.4 Å². The average molecular weight is 198 g/mol. The Morgan fingerprint density at radius 3 is 3.00 bits per heavy atom. The fourth-order valence-electron chi connectivity index (χ4n) is 1.22. The molecule has 0 atom stereocenters. The number of hydrogen-bond acceptors (Lipinski definition) is 4. The third kappa shape index (κ3) is 1.32. The molecule has 0 fully saturated rings. The minimum atomic E-state index is 0.180. The van der Waals surface area contributed by atoms with Crippen molar-refractivity contribution in [3.8, 4) is 0 Å². The SMILES string of the molecule is Cc1cc2nc(Cl)nc(NN)c2[nH]1. The van der Waals surface area contributed by atoms with Crippen molar-refractivity contribution in [2.45, 2.75) is 6.92 Å². The Balaban J connectivity index is 2.80. The molecule has 13 heavy (non-hydrogen) atoms. The molecule has 0 amide bonds. The van der Waals surface area contributed by atoms with E-state index >= 15 is 0 Å². The third-order valence-electron chi connectivity index (χ3n) is 1.72. The first-order valence-corrected chi connectivity index (χ1v) is 4.08. The van der Waals surface area contributed by atoms with Gasteiger partial charge < -0.3 is 10.4 Å². The van der Waals surface area contributed by atoms with Gasteiger partial charge in [-0.2, -0.15) is 4.98 Å². The maximum Gasteiger partial charge on any atom is 0.225 e. The van der Waals surface area contributed by atoms with E-state index in [9.17, 15) is 0 Å². The Morgan fingerprint density at radius 2 is 2.31 bits per heavy atom. The van der Waals surface area contributed by atoms with Crippen LogP contribution in [0, 0.1) is 6.92 Å². The maximum absolute atomic E-state index is 5.68. The molecule has 5 nitrogen and oxygen atoms in total. The number of H-pyrrole nitrogens is 1. The number of nitrogens with two attached hydrogens (primary N) is 1. The number of aryl methyl sites for hydroxylation is 1. The Hall–Kier alpha value is -1.33. The highest BCUT2D eigenvalue weighted by Crippen LogP contribution is 2.20. The zero-order chi connectivity index (χ0) is 9.42. The van der Waals surface area contributed by atoms with Gasteiger partial charge in [0.05, 0.1) is 5.52 Å². The Bertz CT molecular complexity index is 449. The van der Waals surface area contributed by atoms with Gasteiger partial charge in [0, 0.05) is 5.69 Å². The largest absolute Gasteiger partial charge is 0.354 e. The van der Waals surface area contributed by atoms with Gasteiger partial charge in [0.2, 0.25) is 5.28 Å². The summed E-state index contributed by atoms with van der Waals surface area (Å²) in [5.41, 5.74) is 4.97. The lowest BCUT2D eigenvalue weighted by molar-refractivity contribution is 1.17. The third-order valence-corrected chi connectivity index (χ3v) is 1.89. The van der Waals surface area contributed by atoms with Gasteiger partial charge in [-0.05, 0) is 24.6 Å². The van der Waals surface area contributed by atoms with Gasteiger partial charge in [-0.3, -0.25) is 0 Å². The van der Waals surface area contributed by atoms with Crippen LogP contribution in [0.3, 0.4) is 0 Å². The van der Waals surface area contributed by atoms with Crippen LogP contribution in [0.15, 0.2) is 6.07 Å². The van der Waals surface area contributed by atoms with E-state index in [1.807, 2.05) is 13.0 Å². The molecule has 0 aliphatic carbocycles. The normalized spacial score (nSPS) is 10.7. The van der Waals surface area contributed by atoms with E-state index in [0.29, 0.717) is 5.82 Å². The number of halogens is 1. The van der Waals surface area contributed by atoms with Crippen LogP contribution in [0.4, 0.5) is 5.82 Å². The highest BCUT2D eigenvalue weighted by atomic mass is 35.5. The number of hydrazine groups is 1. The quantitative estimate of drug-likeness (QED) is 0.365.